The molecule has 0 aromatic carbocycles. The van der Waals surface area contributed by atoms with Crippen molar-refractivity contribution in [2.75, 3.05) is 13.2 Å². The molecule has 6 heteroatoms. The Labute approximate surface area is 107 Å². The van der Waals surface area contributed by atoms with E-state index in [1.54, 1.807) is 12.7 Å². The molecule has 1 N–H and O–H groups in total. The van der Waals surface area contributed by atoms with Crippen LogP contribution in [0.25, 0.3) is 0 Å². The van der Waals surface area contributed by atoms with Gasteiger partial charge in [0.05, 0.1) is 13.2 Å². The first-order chi connectivity index (χ1) is 8.79. The average Bonchev–Trinajstić information content (AvgIpc) is 2.99. The van der Waals surface area contributed by atoms with Gasteiger partial charge in [0.2, 0.25) is 0 Å². The lowest BCUT2D eigenvalue weighted by atomic mass is 10.0. The lowest BCUT2D eigenvalue weighted by Crippen LogP contribution is -2.38. The molecule has 18 heavy (non-hydrogen) atoms. The normalized spacial score (nSPS) is 23.2. The van der Waals surface area contributed by atoms with Crippen molar-refractivity contribution < 1.29 is 9.53 Å². The Bertz CT molecular complexity index is 366. The van der Waals surface area contributed by atoms with Crippen LogP contribution in [0.5, 0.6) is 0 Å². The Morgan fingerprint density at radius 1 is 1.56 bits per heavy atom. The summed E-state index contributed by atoms with van der Waals surface area (Å²) in [4.78, 5) is 15.3. The molecule has 0 bridgehead atoms. The fraction of sp³-hybridized carbons (Fsp3) is 0.750. The molecule has 6 nitrogen and oxygen atoms in total. The fourth-order valence-corrected chi connectivity index (χ4v) is 2.52. The summed E-state index contributed by atoms with van der Waals surface area (Å²) in [5, 5.41) is 7.42. The SMILES string of the molecule is CCOC(=O)CNC1CCCC1Cn1cncn1. The van der Waals surface area contributed by atoms with Gasteiger partial charge in [-0.05, 0) is 25.7 Å². The minimum atomic E-state index is -0.177. The molecule has 1 aliphatic rings. The summed E-state index contributed by atoms with van der Waals surface area (Å²) < 4.78 is 6.77. The first kappa shape index (κ1) is 13.0. The Morgan fingerprint density at radius 2 is 2.44 bits per heavy atom. The Kier molecular flexibility index (Phi) is 4.69. The van der Waals surface area contributed by atoms with E-state index in [0.717, 1.165) is 13.0 Å². The molecule has 100 valence electrons. The summed E-state index contributed by atoms with van der Waals surface area (Å²) in [5.74, 6) is 0.338. The highest BCUT2D eigenvalue weighted by Gasteiger charge is 2.27. The Balaban J connectivity index is 1.78. The minimum absolute atomic E-state index is 0.177. The second-order valence-corrected chi connectivity index (χ2v) is 4.60. The number of nitrogens with zero attached hydrogens (tertiary/aromatic N) is 3. The highest BCUT2D eigenvalue weighted by atomic mass is 16.5. The number of ether oxygens (including phenoxy) is 1. The van der Waals surface area contributed by atoms with Crippen molar-refractivity contribution in [1.29, 1.82) is 0 Å². The standard InChI is InChI=1S/C12H20N4O2/c1-2-18-12(17)6-14-11-5-3-4-10(11)7-16-9-13-8-15-16/h8-11,14H,2-7H2,1H3. The first-order valence-corrected chi connectivity index (χ1v) is 6.51. The highest BCUT2D eigenvalue weighted by Crippen LogP contribution is 2.26. The van der Waals surface area contributed by atoms with Gasteiger partial charge in [0.25, 0.3) is 0 Å². The van der Waals surface area contributed by atoms with Crippen molar-refractivity contribution in [2.45, 2.75) is 38.8 Å². The molecule has 1 aromatic rings. The van der Waals surface area contributed by atoms with Crippen molar-refractivity contribution in [3.63, 3.8) is 0 Å². The number of aromatic nitrogens is 3. The third-order valence-corrected chi connectivity index (χ3v) is 3.36. The monoisotopic (exact) mass is 252 g/mol. The quantitative estimate of drug-likeness (QED) is 0.751. The Morgan fingerprint density at radius 3 is 3.17 bits per heavy atom. The number of carbonyl (C=O) groups is 1. The molecule has 1 fully saturated rings. The number of hydrogen-bond acceptors (Lipinski definition) is 5. The molecule has 1 aromatic heterocycles. The van der Waals surface area contributed by atoms with Crippen LogP contribution in [-0.2, 0) is 16.1 Å². The molecule has 0 radical (unpaired) electrons. The predicted molar refractivity (Wildman–Crippen MR) is 65.8 cm³/mol. The smallest absolute Gasteiger partial charge is 0.319 e. The number of rotatable bonds is 6. The zero-order valence-corrected chi connectivity index (χ0v) is 10.7. The molecule has 1 saturated carbocycles. The lowest BCUT2D eigenvalue weighted by Gasteiger charge is -2.20. The van der Waals surface area contributed by atoms with Gasteiger partial charge in [-0.25, -0.2) is 4.98 Å². The van der Waals surface area contributed by atoms with Crippen LogP contribution < -0.4 is 5.32 Å². The van der Waals surface area contributed by atoms with E-state index in [-0.39, 0.29) is 5.97 Å². The van der Waals surface area contributed by atoms with Crippen LogP contribution >= 0.6 is 0 Å². The second kappa shape index (κ2) is 6.49. The predicted octanol–water partition coefficient (Wildman–Crippen LogP) is 0.599. The van der Waals surface area contributed by atoms with Gasteiger partial charge in [-0.1, -0.05) is 6.42 Å². The summed E-state index contributed by atoms with van der Waals surface area (Å²) in [5.41, 5.74) is 0. The van der Waals surface area contributed by atoms with E-state index >= 15 is 0 Å². The number of hydrogen-bond donors (Lipinski definition) is 1. The van der Waals surface area contributed by atoms with Crippen LogP contribution in [0.2, 0.25) is 0 Å². The maximum Gasteiger partial charge on any atom is 0.319 e. The van der Waals surface area contributed by atoms with E-state index in [4.69, 9.17) is 4.74 Å². The molecule has 0 amide bonds. The number of carbonyl (C=O) groups excluding carboxylic acids is 1. The van der Waals surface area contributed by atoms with E-state index in [1.807, 2.05) is 11.6 Å². The van der Waals surface area contributed by atoms with Crippen LogP contribution in [0.3, 0.4) is 0 Å². The van der Waals surface area contributed by atoms with E-state index in [1.165, 1.54) is 12.8 Å². The molecular weight excluding hydrogens is 232 g/mol. The van der Waals surface area contributed by atoms with E-state index in [2.05, 4.69) is 15.4 Å². The second-order valence-electron chi connectivity index (χ2n) is 4.60. The third-order valence-electron chi connectivity index (χ3n) is 3.36. The maximum atomic E-state index is 11.3. The van der Waals surface area contributed by atoms with Crippen LogP contribution in [0.1, 0.15) is 26.2 Å². The van der Waals surface area contributed by atoms with Crippen LogP contribution in [0.15, 0.2) is 12.7 Å². The largest absolute Gasteiger partial charge is 0.465 e. The van der Waals surface area contributed by atoms with Crippen LogP contribution in [0, 0.1) is 5.92 Å². The summed E-state index contributed by atoms with van der Waals surface area (Å²) in [6, 6.07) is 0.374. The van der Waals surface area contributed by atoms with Gasteiger partial charge in [-0.2, -0.15) is 5.10 Å². The van der Waals surface area contributed by atoms with Crippen LogP contribution in [-0.4, -0.2) is 39.9 Å². The van der Waals surface area contributed by atoms with Crippen molar-refractivity contribution in [1.82, 2.24) is 20.1 Å². The topological polar surface area (TPSA) is 69.0 Å². The van der Waals surface area contributed by atoms with Crippen molar-refractivity contribution in [3.05, 3.63) is 12.7 Å². The van der Waals surface area contributed by atoms with Crippen molar-refractivity contribution >= 4 is 5.97 Å². The molecule has 1 aliphatic carbocycles. The fourth-order valence-electron chi connectivity index (χ4n) is 2.52. The summed E-state index contributed by atoms with van der Waals surface area (Å²) >= 11 is 0. The molecule has 2 unspecified atom stereocenters. The maximum absolute atomic E-state index is 11.3. The molecule has 2 rings (SSSR count). The van der Waals surface area contributed by atoms with Gasteiger partial charge in [-0.3, -0.25) is 9.48 Å². The lowest BCUT2D eigenvalue weighted by molar-refractivity contribution is -0.142. The van der Waals surface area contributed by atoms with Gasteiger partial charge in [0.15, 0.2) is 0 Å². The average molecular weight is 252 g/mol. The van der Waals surface area contributed by atoms with Gasteiger partial charge >= 0.3 is 5.97 Å². The molecular formula is C12H20N4O2. The highest BCUT2D eigenvalue weighted by molar-refractivity contribution is 5.71. The number of esters is 1. The third kappa shape index (κ3) is 3.53. The molecule has 0 aliphatic heterocycles. The van der Waals surface area contributed by atoms with Crippen molar-refractivity contribution in [2.24, 2.45) is 5.92 Å². The van der Waals surface area contributed by atoms with E-state index < -0.39 is 0 Å². The van der Waals surface area contributed by atoms with Gasteiger partial charge in [0.1, 0.15) is 12.7 Å². The molecule has 0 spiro atoms. The van der Waals surface area contributed by atoms with Gasteiger partial charge < -0.3 is 10.1 Å². The summed E-state index contributed by atoms with van der Waals surface area (Å²) in [6.07, 6.45) is 6.76. The summed E-state index contributed by atoms with van der Waals surface area (Å²) in [6.45, 7) is 3.42. The van der Waals surface area contributed by atoms with E-state index in [9.17, 15) is 4.79 Å². The zero-order chi connectivity index (χ0) is 12.8. The number of nitrogens with one attached hydrogen (secondary N) is 1. The van der Waals surface area contributed by atoms with Gasteiger partial charge in [-0.15, -0.1) is 0 Å². The molecule has 1 heterocycles. The first-order valence-electron chi connectivity index (χ1n) is 6.51. The van der Waals surface area contributed by atoms with Crippen LogP contribution in [0.4, 0.5) is 0 Å². The zero-order valence-electron chi connectivity index (χ0n) is 10.7. The molecule has 0 saturated heterocycles. The van der Waals surface area contributed by atoms with Crippen molar-refractivity contribution in [3.8, 4) is 0 Å². The minimum Gasteiger partial charge on any atom is -0.465 e. The Hall–Kier alpha value is -1.43. The molecule has 2 atom stereocenters. The van der Waals surface area contributed by atoms with Gasteiger partial charge in [0, 0.05) is 12.6 Å². The summed E-state index contributed by atoms with van der Waals surface area (Å²) in [7, 11) is 0. The van der Waals surface area contributed by atoms with E-state index in [0.29, 0.717) is 25.1 Å².